The number of carbonyl (C=O) groups is 1. The van der Waals surface area contributed by atoms with Crippen molar-refractivity contribution in [2.45, 2.75) is 18.1 Å². The quantitative estimate of drug-likeness (QED) is 0.538. The molecule has 0 aliphatic carbocycles. The fraction of sp³-hybridized carbons (Fsp3) is 0.350. The van der Waals surface area contributed by atoms with E-state index in [-0.39, 0.29) is 17.7 Å². The molecular formula is C20H25N5O3S. The van der Waals surface area contributed by atoms with Gasteiger partial charge in [0.2, 0.25) is 5.91 Å². The number of aromatic nitrogens is 3. The molecule has 154 valence electrons. The molecule has 0 spiro atoms. The van der Waals surface area contributed by atoms with Crippen molar-refractivity contribution in [2.75, 3.05) is 33.5 Å². The van der Waals surface area contributed by atoms with Gasteiger partial charge >= 0.3 is 0 Å². The van der Waals surface area contributed by atoms with Crippen LogP contribution in [-0.2, 0) is 4.79 Å². The van der Waals surface area contributed by atoms with E-state index in [9.17, 15) is 4.79 Å². The maximum Gasteiger partial charge on any atom is 0.230 e. The second-order valence-electron chi connectivity index (χ2n) is 6.65. The number of methoxy groups -OCH3 is 1. The number of ether oxygens (including phenoxy) is 1. The van der Waals surface area contributed by atoms with Crippen LogP contribution in [0.3, 0.4) is 0 Å². The zero-order chi connectivity index (χ0) is 20.8. The Morgan fingerprint density at radius 2 is 2.03 bits per heavy atom. The SMILES string of the molecule is COc1ccc(-n2c(C)nnc2SCC(=O)NCC(c2ccco2)N(C)C)cc1. The highest BCUT2D eigenvalue weighted by Crippen LogP contribution is 2.23. The van der Waals surface area contributed by atoms with Gasteiger partial charge in [0.25, 0.3) is 0 Å². The van der Waals surface area contributed by atoms with Gasteiger partial charge in [-0.25, -0.2) is 0 Å². The number of benzene rings is 1. The van der Waals surface area contributed by atoms with E-state index in [1.54, 1.807) is 13.4 Å². The molecule has 3 aromatic rings. The predicted octanol–water partition coefficient (Wildman–Crippen LogP) is 2.69. The fourth-order valence-corrected chi connectivity index (χ4v) is 3.70. The largest absolute Gasteiger partial charge is 0.497 e. The minimum Gasteiger partial charge on any atom is -0.497 e. The summed E-state index contributed by atoms with van der Waals surface area (Å²) >= 11 is 1.35. The number of nitrogens with zero attached hydrogens (tertiary/aromatic N) is 4. The van der Waals surface area contributed by atoms with Crippen LogP contribution in [0.2, 0.25) is 0 Å². The monoisotopic (exact) mass is 415 g/mol. The van der Waals surface area contributed by atoms with E-state index in [1.807, 2.05) is 66.9 Å². The van der Waals surface area contributed by atoms with Crippen molar-refractivity contribution < 1.29 is 13.9 Å². The molecule has 0 aliphatic heterocycles. The van der Waals surface area contributed by atoms with Crippen molar-refractivity contribution in [3.63, 3.8) is 0 Å². The number of aryl methyl sites for hydroxylation is 1. The summed E-state index contributed by atoms with van der Waals surface area (Å²) in [5, 5.41) is 12.0. The standard InChI is InChI=1S/C20H25N5O3S/c1-14-22-23-20(25(14)15-7-9-16(27-4)10-8-15)29-13-19(26)21-12-17(24(2)3)18-6-5-11-28-18/h5-11,17H,12-13H2,1-4H3,(H,21,26). The topological polar surface area (TPSA) is 85.4 Å². The van der Waals surface area contributed by atoms with Crippen molar-refractivity contribution in [1.29, 1.82) is 0 Å². The maximum absolute atomic E-state index is 12.4. The third kappa shape index (κ3) is 5.18. The molecule has 1 atom stereocenters. The molecule has 8 nitrogen and oxygen atoms in total. The van der Waals surface area contributed by atoms with Crippen LogP contribution in [0.5, 0.6) is 5.75 Å². The van der Waals surface area contributed by atoms with E-state index in [2.05, 4.69) is 15.5 Å². The van der Waals surface area contributed by atoms with E-state index in [1.165, 1.54) is 11.8 Å². The van der Waals surface area contributed by atoms with Crippen LogP contribution in [-0.4, -0.2) is 59.1 Å². The zero-order valence-electron chi connectivity index (χ0n) is 17.0. The van der Waals surface area contributed by atoms with Gasteiger partial charge in [0.15, 0.2) is 5.16 Å². The van der Waals surface area contributed by atoms with Crippen LogP contribution in [0.4, 0.5) is 0 Å². The van der Waals surface area contributed by atoms with E-state index < -0.39 is 0 Å². The van der Waals surface area contributed by atoms with Crippen LogP contribution in [0.15, 0.2) is 52.2 Å². The zero-order valence-corrected chi connectivity index (χ0v) is 17.8. The molecule has 1 amide bonds. The summed E-state index contributed by atoms with van der Waals surface area (Å²) in [6, 6.07) is 11.4. The first-order valence-corrected chi connectivity index (χ1v) is 10.1. The van der Waals surface area contributed by atoms with Crippen LogP contribution in [0, 0.1) is 6.92 Å². The van der Waals surface area contributed by atoms with Crippen LogP contribution < -0.4 is 10.1 Å². The van der Waals surface area contributed by atoms with Gasteiger partial charge in [-0.15, -0.1) is 10.2 Å². The minimum atomic E-state index is -0.0738. The second kappa shape index (κ2) is 9.62. The Bertz CT molecular complexity index is 922. The van der Waals surface area contributed by atoms with E-state index in [0.717, 1.165) is 23.0 Å². The average molecular weight is 416 g/mol. The van der Waals surface area contributed by atoms with Gasteiger partial charge in [0.1, 0.15) is 17.3 Å². The number of amides is 1. The van der Waals surface area contributed by atoms with Crippen LogP contribution in [0.25, 0.3) is 5.69 Å². The lowest BCUT2D eigenvalue weighted by Gasteiger charge is -2.22. The van der Waals surface area contributed by atoms with Gasteiger partial charge in [0, 0.05) is 12.2 Å². The van der Waals surface area contributed by atoms with Gasteiger partial charge in [-0.05, 0) is 57.4 Å². The van der Waals surface area contributed by atoms with Gasteiger partial charge in [-0.2, -0.15) is 0 Å². The normalized spacial score (nSPS) is 12.2. The lowest BCUT2D eigenvalue weighted by Crippen LogP contribution is -2.35. The van der Waals surface area contributed by atoms with Crippen molar-refractivity contribution in [2.24, 2.45) is 0 Å². The molecule has 0 saturated carbocycles. The predicted molar refractivity (Wildman–Crippen MR) is 112 cm³/mol. The Morgan fingerprint density at radius 3 is 2.66 bits per heavy atom. The number of carbonyl (C=O) groups excluding carboxylic acids is 1. The van der Waals surface area contributed by atoms with Crippen LogP contribution >= 0.6 is 11.8 Å². The third-order valence-electron chi connectivity index (χ3n) is 4.45. The molecule has 1 N–H and O–H groups in total. The number of nitrogens with one attached hydrogen (secondary N) is 1. The van der Waals surface area contributed by atoms with E-state index in [0.29, 0.717) is 11.7 Å². The molecule has 2 aromatic heterocycles. The summed E-state index contributed by atoms with van der Waals surface area (Å²) in [5.74, 6) is 2.52. The smallest absolute Gasteiger partial charge is 0.230 e. The number of likely N-dealkylation sites (N-methyl/N-ethyl adjacent to an activating group) is 1. The van der Waals surface area contributed by atoms with Crippen molar-refractivity contribution in [1.82, 2.24) is 25.0 Å². The Morgan fingerprint density at radius 1 is 1.28 bits per heavy atom. The number of hydrogen-bond acceptors (Lipinski definition) is 7. The lowest BCUT2D eigenvalue weighted by molar-refractivity contribution is -0.118. The first kappa shape index (κ1) is 20.9. The molecule has 3 rings (SSSR count). The average Bonchev–Trinajstić information content (AvgIpc) is 3.36. The number of thioether (sulfide) groups is 1. The molecule has 1 aromatic carbocycles. The lowest BCUT2D eigenvalue weighted by atomic mass is 10.2. The van der Waals surface area contributed by atoms with Gasteiger partial charge < -0.3 is 14.5 Å². The van der Waals surface area contributed by atoms with Crippen molar-refractivity contribution in [3.05, 3.63) is 54.2 Å². The van der Waals surface area contributed by atoms with E-state index >= 15 is 0 Å². The molecule has 0 radical (unpaired) electrons. The van der Waals surface area contributed by atoms with Crippen molar-refractivity contribution in [3.8, 4) is 11.4 Å². The Hall–Kier alpha value is -2.78. The minimum absolute atomic E-state index is 0.0239. The summed E-state index contributed by atoms with van der Waals surface area (Å²) in [5.41, 5.74) is 0.918. The first-order chi connectivity index (χ1) is 14.0. The summed E-state index contributed by atoms with van der Waals surface area (Å²) in [6.45, 7) is 2.34. The summed E-state index contributed by atoms with van der Waals surface area (Å²) < 4.78 is 12.6. The molecule has 0 aliphatic rings. The van der Waals surface area contributed by atoms with Crippen molar-refractivity contribution >= 4 is 17.7 Å². The molecule has 1 unspecified atom stereocenters. The Labute approximate surface area is 174 Å². The number of rotatable bonds is 9. The summed E-state index contributed by atoms with van der Waals surface area (Å²) in [4.78, 5) is 14.4. The fourth-order valence-electron chi connectivity index (χ4n) is 2.88. The van der Waals surface area contributed by atoms with Crippen LogP contribution in [0.1, 0.15) is 17.6 Å². The number of furan rings is 1. The highest BCUT2D eigenvalue weighted by molar-refractivity contribution is 7.99. The summed E-state index contributed by atoms with van der Waals surface area (Å²) in [7, 11) is 5.54. The van der Waals surface area contributed by atoms with Gasteiger partial charge in [0.05, 0.1) is 25.2 Å². The highest BCUT2D eigenvalue weighted by atomic mass is 32.2. The molecule has 9 heteroatoms. The molecule has 2 heterocycles. The highest BCUT2D eigenvalue weighted by Gasteiger charge is 2.19. The summed E-state index contributed by atoms with van der Waals surface area (Å²) in [6.07, 6.45) is 1.64. The maximum atomic E-state index is 12.4. The van der Waals surface area contributed by atoms with Gasteiger partial charge in [-0.3, -0.25) is 14.3 Å². The molecule has 0 saturated heterocycles. The first-order valence-electron chi connectivity index (χ1n) is 9.15. The molecule has 0 bridgehead atoms. The van der Waals surface area contributed by atoms with Gasteiger partial charge in [-0.1, -0.05) is 11.8 Å². The molecule has 29 heavy (non-hydrogen) atoms. The molecular weight excluding hydrogens is 390 g/mol. The molecule has 0 fully saturated rings. The third-order valence-corrected chi connectivity index (χ3v) is 5.37. The Kier molecular flexibility index (Phi) is 6.95. The second-order valence-corrected chi connectivity index (χ2v) is 7.59. The van der Waals surface area contributed by atoms with E-state index in [4.69, 9.17) is 9.15 Å². The number of hydrogen-bond donors (Lipinski definition) is 1. The Balaban J connectivity index is 1.60.